The van der Waals surface area contributed by atoms with E-state index in [1.807, 2.05) is 25.3 Å². The van der Waals surface area contributed by atoms with Crippen LogP contribution >= 0.6 is 11.3 Å². The molecule has 0 spiro atoms. The van der Waals surface area contributed by atoms with Gasteiger partial charge in [-0.05, 0) is 30.9 Å². The van der Waals surface area contributed by atoms with Gasteiger partial charge in [0.15, 0.2) is 0 Å². The van der Waals surface area contributed by atoms with Gasteiger partial charge < -0.3 is 5.32 Å². The zero-order chi connectivity index (χ0) is 9.84. The van der Waals surface area contributed by atoms with Gasteiger partial charge in [0.2, 0.25) is 0 Å². The maximum absolute atomic E-state index is 11.9. The van der Waals surface area contributed by atoms with E-state index in [-0.39, 0.29) is 12.6 Å². The quantitative estimate of drug-likeness (QED) is 0.796. The molecule has 0 aliphatic carbocycles. The Labute approximate surface area is 80.8 Å². The summed E-state index contributed by atoms with van der Waals surface area (Å²) < 4.78 is 23.8. The van der Waals surface area contributed by atoms with Crippen LogP contribution in [0.15, 0.2) is 11.4 Å². The Morgan fingerprint density at radius 3 is 2.69 bits per heavy atom. The van der Waals surface area contributed by atoms with Gasteiger partial charge in [-0.2, -0.15) is 0 Å². The van der Waals surface area contributed by atoms with Crippen LogP contribution in [0.3, 0.4) is 0 Å². The number of alkyl halides is 2. The fourth-order valence-corrected chi connectivity index (χ4v) is 2.15. The highest BCUT2D eigenvalue weighted by molar-refractivity contribution is 7.10. The predicted octanol–water partition coefficient (Wildman–Crippen LogP) is 2.97. The van der Waals surface area contributed by atoms with Crippen molar-refractivity contribution in [2.45, 2.75) is 26.3 Å². The molecule has 1 N–H and O–H groups in total. The number of nitrogens with one attached hydrogen (secondary N) is 1. The van der Waals surface area contributed by atoms with Crippen LogP contribution in [0.25, 0.3) is 0 Å². The van der Waals surface area contributed by atoms with E-state index in [0.29, 0.717) is 0 Å². The Morgan fingerprint density at radius 1 is 1.54 bits per heavy atom. The second-order valence-corrected chi connectivity index (χ2v) is 3.94. The van der Waals surface area contributed by atoms with Crippen molar-refractivity contribution >= 4 is 11.3 Å². The molecule has 1 unspecified atom stereocenters. The monoisotopic (exact) mass is 205 g/mol. The van der Waals surface area contributed by atoms with E-state index in [4.69, 9.17) is 0 Å². The molecule has 0 bridgehead atoms. The summed E-state index contributed by atoms with van der Waals surface area (Å²) in [6.45, 7) is 3.66. The molecule has 74 valence electrons. The van der Waals surface area contributed by atoms with Crippen molar-refractivity contribution in [2.24, 2.45) is 0 Å². The number of hydrogen-bond acceptors (Lipinski definition) is 2. The summed E-state index contributed by atoms with van der Waals surface area (Å²) in [5, 5.41) is 4.76. The first kappa shape index (κ1) is 10.6. The molecule has 13 heavy (non-hydrogen) atoms. The highest BCUT2D eigenvalue weighted by atomic mass is 32.1. The summed E-state index contributed by atoms with van der Waals surface area (Å²) in [4.78, 5) is 1.14. The molecule has 1 aromatic heterocycles. The maximum atomic E-state index is 11.9. The molecule has 0 saturated heterocycles. The lowest BCUT2D eigenvalue weighted by Crippen LogP contribution is -2.24. The minimum Gasteiger partial charge on any atom is -0.304 e. The van der Waals surface area contributed by atoms with Crippen LogP contribution in [0.5, 0.6) is 0 Å². The molecular formula is C9H13F2NS. The molecule has 0 amide bonds. The minimum absolute atomic E-state index is 0.0222. The molecule has 0 aromatic carbocycles. The Balaban J connectivity index is 2.49. The molecule has 1 nitrogen and oxygen atoms in total. The molecular weight excluding hydrogens is 192 g/mol. The van der Waals surface area contributed by atoms with Gasteiger partial charge in [-0.15, -0.1) is 11.3 Å². The van der Waals surface area contributed by atoms with Crippen molar-refractivity contribution in [1.82, 2.24) is 5.32 Å². The number of halogens is 2. The second-order valence-electron chi connectivity index (χ2n) is 2.99. The number of rotatable bonds is 4. The van der Waals surface area contributed by atoms with Crippen molar-refractivity contribution in [2.75, 3.05) is 6.54 Å². The average Bonchev–Trinajstić information content (AvgIpc) is 2.47. The Hall–Kier alpha value is -0.480. The SMILES string of the molecule is Cc1ccsc1C(C)NCC(F)F. The van der Waals surface area contributed by atoms with Crippen molar-refractivity contribution in [3.8, 4) is 0 Å². The van der Waals surface area contributed by atoms with Crippen molar-refractivity contribution in [1.29, 1.82) is 0 Å². The summed E-state index contributed by atoms with van der Waals surface area (Å²) in [5.41, 5.74) is 1.17. The first-order chi connectivity index (χ1) is 6.11. The average molecular weight is 205 g/mol. The van der Waals surface area contributed by atoms with Gasteiger partial charge in [-0.25, -0.2) is 8.78 Å². The van der Waals surface area contributed by atoms with Crippen LogP contribution in [-0.4, -0.2) is 13.0 Å². The molecule has 0 radical (unpaired) electrons. The lowest BCUT2D eigenvalue weighted by molar-refractivity contribution is 0.142. The van der Waals surface area contributed by atoms with E-state index in [0.717, 1.165) is 4.88 Å². The maximum Gasteiger partial charge on any atom is 0.250 e. The van der Waals surface area contributed by atoms with Crippen LogP contribution < -0.4 is 5.32 Å². The van der Waals surface area contributed by atoms with E-state index < -0.39 is 6.43 Å². The van der Waals surface area contributed by atoms with Gasteiger partial charge in [-0.1, -0.05) is 0 Å². The standard InChI is InChI=1S/C9H13F2NS/c1-6-3-4-13-9(6)7(2)12-5-8(10)11/h3-4,7-8,12H,5H2,1-2H3. The smallest absolute Gasteiger partial charge is 0.250 e. The molecule has 4 heteroatoms. The Morgan fingerprint density at radius 2 is 2.23 bits per heavy atom. The normalized spacial score (nSPS) is 13.6. The molecule has 1 heterocycles. The fourth-order valence-electron chi connectivity index (χ4n) is 1.19. The van der Waals surface area contributed by atoms with Crippen LogP contribution in [0, 0.1) is 6.92 Å². The van der Waals surface area contributed by atoms with Crippen LogP contribution in [0.1, 0.15) is 23.4 Å². The summed E-state index contributed by atoms with van der Waals surface area (Å²) in [5.74, 6) is 0. The van der Waals surface area contributed by atoms with Crippen molar-refractivity contribution < 1.29 is 8.78 Å². The first-order valence-corrected chi connectivity index (χ1v) is 5.04. The largest absolute Gasteiger partial charge is 0.304 e. The predicted molar refractivity (Wildman–Crippen MR) is 51.5 cm³/mol. The third-order valence-corrected chi connectivity index (χ3v) is 3.07. The van der Waals surface area contributed by atoms with Gasteiger partial charge in [-0.3, -0.25) is 0 Å². The van der Waals surface area contributed by atoms with Crippen molar-refractivity contribution in [3.05, 3.63) is 21.9 Å². The summed E-state index contributed by atoms with van der Waals surface area (Å²) in [6.07, 6.45) is -2.28. The summed E-state index contributed by atoms with van der Waals surface area (Å²) in [6, 6.07) is 2.02. The third-order valence-electron chi connectivity index (χ3n) is 1.87. The van der Waals surface area contributed by atoms with Crippen LogP contribution in [-0.2, 0) is 0 Å². The Bertz CT molecular complexity index is 260. The number of hydrogen-bond donors (Lipinski definition) is 1. The molecule has 1 rings (SSSR count). The molecule has 0 aliphatic heterocycles. The molecule has 0 aliphatic rings. The molecule has 1 atom stereocenters. The third kappa shape index (κ3) is 3.04. The first-order valence-electron chi connectivity index (χ1n) is 4.16. The van der Waals surface area contributed by atoms with E-state index in [9.17, 15) is 8.78 Å². The lowest BCUT2D eigenvalue weighted by Gasteiger charge is -2.12. The highest BCUT2D eigenvalue weighted by Gasteiger charge is 2.11. The Kier molecular flexibility index (Phi) is 3.81. The summed E-state index contributed by atoms with van der Waals surface area (Å²) >= 11 is 1.60. The van der Waals surface area contributed by atoms with Crippen molar-refractivity contribution in [3.63, 3.8) is 0 Å². The van der Waals surface area contributed by atoms with Gasteiger partial charge in [0.1, 0.15) is 0 Å². The minimum atomic E-state index is -2.28. The second kappa shape index (κ2) is 4.67. The van der Waals surface area contributed by atoms with E-state index in [1.165, 1.54) is 5.56 Å². The zero-order valence-electron chi connectivity index (χ0n) is 7.68. The van der Waals surface area contributed by atoms with Gasteiger partial charge in [0.05, 0.1) is 6.54 Å². The van der Waals surface area contributed by atoms with Gasteiger partial charge in [0.25, 0.3) is 6.43 Å². The van der Waals surface area contributed by atoms with E-state index in [2.05, 4.69) is 5.32 Å². The molecule has 0 fully saturated rings. The zero-order valence-corrected chi connectivity index (χ0v) is 8.50. The molecule has 0 saturated carbocycles. The van der Waals surface area contributed by atoms with Crippen LogP contribution in [0.2, 0.25) is 0 Å². The lowest BCUT2D eigenvalue weighted by atomic mass is 10.2. The van der Waals surface area contributed by atoms with E-state index in [1.54, 1.807) is 11.3 Å². The van der Waals surface area contributed by atoms with Crippen LogP contribution in [0.4, 0.5) is 8.78 Å². The number of aryl methyl sites for hydroxylation is 1. The van der Waals surface area contributed by atoms with E-state index >= 15 is 0 Å². The summed E-state index contributed by atoms with van der Waals surface area (Å²) in [7, 11) is 0. The van der Waals surface area contributed by atoms with Gasteiger partial charge >= 0.3 is 0 Å². The van der Waals surface area contributed by atoms with Gasteiger partial charge in [0, 0.05) is 10.9 Å². The molecule has 1 aromatic rings. The highest BCUT2D eigenvalue weighted by Crippen LogP contribution is 2.23. The topological polar surface area (TPSA) is 12.0 Å². The number of thiophene rings is 1. The fraction of sp³-hybridized carbons (Fsp3) is 0.556.